The van der Waals surface area contributed by atoms with E-state index >= 15 is 0 Å². The smallest absolute Gasteiger partial charge is 0.178 e. The largest absolute Gasteiger partial charge is 0.224 e. The molecule has 0 heterocycles. The minimum Gasteiger partial charge on any atom is -0.224 e. The Hall–Kier alpha value is -0.830. The molecule has 1 aliphatic rings. The summed E-state index contributed by atoms with van der Waals surface area (Å²) in [4.78, 5) is 0.489. The molecule has 0 N–H and O–H groups in total. The van der Waals surface area contributed by atoms with Crippen molar-refractivity contribution < 1.29 is 8.42 Å². The van der Waals surface area contributed by atoms with E-state index in [0.717, 1.165) is 18.4 Å². The van der Waals surface area contributed by atoms with Crippen molar-refractivity contribution in [1.29, 1.82) is 0 Å². The maximum absolute atomic E-state index is 12.3. The molecule has 0 spiro atoms. The monoisotopic (exact) mass is 252 g/mol. The molecule has 0 amide bonds. The van der Waals surface area contributed by atoms with Crippen LogP contribution >= 0.6 is 0 Å². The summed E-state index contributed by atoms with van der Waals surface area (Å²) in [5, 5.41) is 0. The van der Waals surface area contributed by atoms with Gasteiger partial charge in [0.05, 0.1) is 10.6 Å². The summed E-state index contributed by atoms with van der Waals surface area (Å²) < 4.78 is 24.5. The van der Waals surface area contributed by atoms with Crippen molar-refractivity contribution in [1.82, 2.24) is 0 Å². The van der Waals surface area contributed by atoms with Gasteiger partial charge in [-0.1, -0.05) is 31.4 Å². The first-order valence-corrected chi connectivity index (χ1v) is 8.02. The van der Waals surface area contributed by atoms with Crippen LogP contribution in [-0.4, -0.2) is 14.2 Å². The molecular weight excluding hydrogens is 232 g/mol. The van der Waals surface area contributed by atoms with E-state index < -0.39 is 9.84 Å². The van der Waals surface area contributed by atoms with Crippen molar-refractivity contribution in [3.63, 3.8) is 0 Å². The third kappa shape index (κ3) is 3.32. The predicted molar refractivity (Wildman–Crippen MR) is 69.8 cm³/mol. The molecule has 0 bridgehead atoms. The van der Waals surface area contributed by atoms with Gasteiger partial charge in [-0.3, -0.25) is 0 Å². The maximum atomic E-state index is 12.3. The average molecular weight is 252 g/mol. The zero-order valence-corrected chi connectivity index (χ0v) is 11.2. The molecule has 1 aromatic carbocycles. The maximum Gasteiger partial charge on any atom is 0.178 e. The Morgan fingerprint density at radius 2 is 1.88 bits per heavy atom. The molecule has 0 aromatic heterocycles. The van der Waals surface area contributed by atoms with E-state index in [-0.39, 0.29) is 0 Å². The van der Waals surface area contributed by atoms with E-state index in [1.807, 2.05) is 19.1 Å². The van der Waals surface area contributed by atoms with E-state index in [1.54, 1.807) is 12.1 Å². The Morgan fingerprint density at radius 1 is 1.18 bits per heavy atom. The van der Waals surface area contributed by atoms with Crippen LogP contribution in [0.4, 0.5) is 0 Å². The van der Waals surface area contributed by atoms with Crippen LogP contribution in [0.25, 0.3) is 0 Å². The van der Waals surface area contributed by atoms with Gasteiger partial charge < -0.3 is 0 Å². The fraction of sp³-hybridized carbons (Fsp3) is 0.571. The molecule has 3 heteroatoms. The summed E-state index contributed by atoms with van der Waals surface area (Å²) in [6.45, 7) is 1.93. The van der Waals surface area contributed by atoms with E-state index in [9.17, 15) is 8.42 Å². The number of benzene rings is 1. The lowest BCUT2D eigenvalue weighted by Gasteiger charge is -2.21. The second-order valence-electron chi connectivity index (χ2n) is 5.10. The second-order valence-corrected chi connectivity index (χ2v) is 7.14. The molecule has 0 saturated heterocycles. The van der Waals surface area contributed by atoms with Gasteiger partial charge >= 0.3 is 0 Å². The van der Waals surface area contributed by atoms with Crippen LogP contribution in [0, 0.1) is 12.8 Å². The first kappa shape index (κ1) is 12.6. The summed E-state index contributed by atoms with van der Waals surface area (Å²) in [6, 6.07) is 7.24. The molecule has 2 nitrogen and oxygen atoms in total. The van der Waals surface area contributed by atoms with Crippen LogP contribution < -0.4 is 0 Å². The Kier molecular flexibility index (Phi) is 3.87. The van der Waals surface area contributed by atoms with E-state index in [0.29, 0.717) is 16.6 Å². The molecule has 1 fully saturated rings. The summed E-state index contributed by atoms with van der Waals surface area (Å²) in [6.07, 6.45) is 5.79. The summed E-state index contributed by atoms with van der Waals surface area (Å²) in [5.41, 5.74) is 1.01. The molecule has 0 radical (unpaired) electrons. The molecule has 94 valence electrons. The van der Waals surface area contributed by atoms with E-state index in [1.165, 1.54) is 19.3 Å². The van der Waals surface area contributed by atoms with Crippen molar-refractivity contribution >= 4 is 9.84 Å². The van der Waals surface area contributed by atoms with Crippen molar-refractivity contribution in [3.8, 4) is 0 Å². The lowest BCUT2D eigenvalue weighted by molar-refractivity contribution is 0.385. The highest BCUT2D eigenvalue weighted by molar-refractivity contribution is 7.91. The van der Waals surface area contributed by atoms with Gasteiger partial charge in [-0.2, -0.15) is 0 Å². The van der Waals surface area contributed by atoms with Crippen molar-refractivity contribution in [2.45, 2.75) is 43.9 Å². The zero-order chi connectivity index (χ0) is 12.3. The van der Waals surface area contributed by atoms with Gasteiger partial charge in [0, 0.05) is 0 Å². The molecule has 0 atom stereocenters. The van der Waals surface area contributed by atoms with Gasteiger partial charge in [-0.15, -0.1) is 0 Å². The fourth-order valence-corrected chi connectivity index (χ4v) is 4.37. The highest BCUT2D eigenvalue weighted by Crippen LogP contribution is 2.27. The number of hydrogen-bond donors (Lipinski definition) is 0. The molecular formula is C14H20O2S. The number of sulfone groups is 1. The lowest BCUT2D eigenvalue weighted by Crippen LogP contribution is -2.18. The topological polar surface area (TPSA) is 34.1 Å². The van der Waals surface area contributed by atoms with Crippen LogP contribution in [0.2, 0.25) is 0 Å². The van der Waals surface area contributed by atoms with Crippen LogP contribution in [0.15, 0.2) is 29.2 Å². The van der Waals surface area contributed by atoms with Gasteiger partial charge in [0.1, 0.15) is 0 Å². The van der Waals surface area contributed by atoms with Gasteiger partial charge in [0.2, 0.25) is 0 Å². The molecule has 1 saturated carbocycles. The first-order valence-electron chi connectivity index (χ1n) is 6.37. The van der Waals surface area contributed by atoms with Gasteiger partial charge in [-0.05, 0) is 43.4 Å². The summed E-state index contributed by atoms with van der Waals surface area (Å²) >= 11 is 0. The van der Waals surface area contributed by atoms with Crippen molar-refractivity contribution in [3.05, 3.63) is 29.8 Å². The Labute approximate surface area is 104 Å². The van der Waals surface area contributed by atoms with E-state index in [2.05, 4.69) is 0 Å². The normalized spacial score (nSPS) is 18.2. The lowest BCUT2D eigenvalue weighted by atomic mass is 9.91. The second kappa shape index (κ2) is 5.21. The molecule has 0 aliphatic heterocycles. The number of rotatable bonds is 3. The summed E-state index contributed by atoms with van der Waals surface area (Å²) in [7, 11) is -3.08. The van der Waals surface area contributed by atoms with Crippen molar-refractivity contribution in [2.24, 2.45) is 5.92 Å². The Morgan fingerprint density at radius 3 is 2.53 bits per heavy atom. The average Bonchev–Trinajstić information content (AvgIpc) is 2.30. The summed E-state index contributed by atoms with van der Waals surface area (Å²) in [5.74, 6) is 0.700. The SMILES string of the molecule is Cc1cccc(S(=O)(=O)CC2CCCCC2)c1. The third-order valence-corrected chi connectivity index (χ3v) is 5.41. The number of hydrogen-bond acceptors (Lipinski definition) is 2. The Balaban J connectivity index is 2.13. The third-order valence-electron chi connectivity index (χ3n) is 3.53. The first-order chi connectivity index (χ1) is 8.08. The van der Waals surface area contributed by atoms with E-state index in [4.69, 9.17) is 0 Å². The zero-order valence-electron chi connectivity index (χ0n) is 10.4. The highest BCUT2D eigenvalue weighted by atomic mass is 32.2. The molecule has 0 unspecified atom stereocenters. The highest BCUT2D eigenvalue weighted by Gasteiger charge is 2.22. The van der Waals surface area contributed by atoms with Crippen molar-refractivity contribution in [2.75, 3.05) is 5.75 Å². The quantitative estimate of drug-likeness (QED) is 0.826. The van der Waals surface area contributed by atoms with Crippen LogP contribution in [0.3, 0.4) is 0 Å². The molecule has 17 heavy (non-hydrogen) atoms. The van der Waals surface area contributed by atoms with Gasteiger partial charge in [0.25, 0.3) is 0 Å². The van der Waals surface area contributed by atoms with Crippen LogP contribution in [-0.2, 0) is 9.84 Å². The predicted octanol–water partition coefficient (Wildman–Crippen LogP) is 3.35. The standard InChI is InChI=1S/C14H20O2S/c1-12-6-5-9-14(10-12)17(15,16)11-13-7-3-2-4-8-13/h5-6,9-10,13H,2-4,7-8,11H2,1H3. The minimum absolute atomic E-state index is 0.330. The number of aryl methyl sites for hydroxylation is 1. The Bertz CT molecular complexity index is 471. The van der Waals surface area contributed by atoms with Crippen LogP contribution in [0.1, 0.15) is 37.7 Å². The van der Waals surface area contributed by atoms with Gasteiger partial charge in [0.15, 0.2) is 9.84 Å². The van der Waals surface area contributed by atoms with Crippen LogP contribution in [0.5, 0.6) is 0 Å². The molecule has 2 rings (SSSR count). The fourth-order valence-electron chi connectivity index (χ4n) is 2.57. The minimum atomic E-state index is -3.08. The molecule has 1 aliphatic carbocycles. The van der Waals surface area contributed by atoms with Gasteiger partial charge in [-0.25, -0.2) is 8.42 Å². The molecule has 1 aromatic rings.